The molecule has 1 aromatic rings. The molecule has 1 aromatic carbocycles. The number of unbranched alkanes of at least 4 members (excludes halogenated alkanes) is 1. The highest BCUT2D eigenvalue weighted by atomic mass is 79.9. The number of nitrogens with one attached hydrogen (secondary N) is 1. The predicted molar refractivity (Wildman–Crippen MR) is 73.9 cm³/mol. The maximum Gasteiger partial charge on any atom is 0.174 e. The van der Waals surface area contributed by atoms with Gasteiger partial charge in [0.05, 0.1) is 18.7 Å². The molecule has 0 saturated carbocycles. The van der Waals surface area contributed by atoms with Crippen LogP contribution >= 0.6 is 15.9 Å². The second-order valence-corrected chi connectivity index (χ2v) is 4.70. The molecule has 0 aromatic heterocycles. The number of hydrogen-bond acceptors (Lipinski definition) is 3. The standard InChI is InChI=1S/C13H20BrNO2/c1-4-5-6-15-9-10-7-11(14)13(17-3)12(8-10)16-2/h7-8,15H,4-6,9H2,1-3H3. The molecular formula is C13H20BrNO2. The fourth-order valence-electron chi connectivity index (χ4n) is 1.61. The lowest BCUT2D eigenvalue weighted by Gasteiger charge is -2.12. The molecule has 17 heavy (non-hydrogen) atoms. The Hall–Kier alpha value is -0.740. The van der Waals surface area contributed by atoms with Crippen LogP contribution in [0.2, 0.25) is 0 Å². The van der Waals surface area contributed by atoms with Crippen LogP contribution in [0.25, 0.3) is 0 Å². The summed E-state index contributed by atoms with van der Waals surface area (Å²) >= 11 is 3.49. The molecule has 0 bridgehead atoms. The number of ether oxygens (including phenoxy) is 2. The van der Waals surface area contributed by atoms with Crippen LogP contribution in [0.4, 0.5) is 0 Å². The fourth-order valence-corrected chi connectivity index (χ4v) is 2.26. The van der Waals surface area contributed by atoms with Gasteiger partial charge < -0.3 is 14.8 Å². The van der Waals surface area contributed by atoms with Crippen molar-refractivity contribution in [3.63, 3.8) is 0 Å². The van der Waals surface area contributed by atoms with E-state index >= 15 is 0 Å². The first kappa shape index (κ1) is 14.3. The van der Waals surface area contributed by atoms with Gasteiger partial charge in [-0.1, -0.05) is 13.3 Å². The molecule has 96 valence electrons. The van der Waals surface area contributed by atoms with Crippen molar-refractivity contribution < 1.29 is 9.47 Å². The van der Waals surface area contributed by atoms with Crippen molar-refractivity contribution in [2.75, 3.05) is 20.8 Å². The van der Waals surface area contributed by atoms with E-state index in [1.807, 2.05) is 6.07 Å². The van der Waals surface area contributed by atoms with Gasteiger partial charge in [-0.15, -0.1) is 0 Å². The second-order valence-electron chi connectivity index (χ2n) is 3.84. The monoisotopic (exact) mass is 301 g/mol. The molecule has 0 unspecified atom stereocenters. The van der Waals surface area contributed by atoms with E-state index in [4.69, 9.17) is 9.47 Å². The summed E-state index contributed by atoms with van der Waals surface area (Å²) in [4.78, 5) is 0. The average Bonchev–Trinajstić information content (AvgIpc) is 2.34. The van der Waals surface area contributed by atoms with Crippen molar-refractivity contribution in [3.05, 3.63) is 22.2 Å². The van der Waals surface area contributed by atoms with E-state index < -0.39 is 0 Å². The number of benzene rings is 1. The lowest BCUT2D eigenvalue weighted by Crippen LogP contribution is -2.14. The zero-order chi connectivity index (χ0) is 12.7. The van der Waals surface area contributed by atoms with Crippen LogP contribution in [0.3, 0.4) is 0 Å². The Labute approximate surface area is 112 Å². The van der Waals surface area contributed by atoms with Crippen LogP contribution in [-0.4, -0.2) is 20.8 Å². The van der Waals surface area contributed by atoms with Gasteiger partial charge in [0.25, 0.3) is 0 Å². The van der Waals surface area contributed by atoms with E-state index in [1.165, 1.54) is 18.4 Å². The number of halogens is 1. The predicted octanol–water partition coefficient (Wildman–Crippen LogP) is 3.36. The summed E-state index contributed by atoms with van der Waals surface area (Å²) in [5, 5.41) is 3.40. The van der Waals surface area contributed by atoms with Crippen molar-refractivity contribution >= 4 is 15.9 Å². The minimum absolute atomic E-state index is 0.741. The summed E-state index contributed by atoms with van der Waals surface area (Å²) in [5.41, 5.74) is 1.19. The third kappa shape index (κ3) is 4.21. The molecular weight excluding hydrogens is 282 g/mol. The molecule has 0 atom stereocenters. The Bertz CT molecular complexity index is 356. The Morgan fingerprint density at radius 2 is 2.00 bits per heavy atom. The van der Waals surface area contributed by atoms with Crippen LogP contribution in [0, 0.1) is 0 Å². The maximum atomic E-state index is 5.30. The molecule has 0 aliphatic rings. The summed E-state index contributed by atoms with van der Waals surface area (Å²) in [6.07, 6.45) is 2.41. The third-order valence-corrected chi connectivity index (χ3v) is 3.12. The molecule has 0 spiro atoms. The van der Waals surface area contributed by atoms with Crippen molar-refractivity contribution in [2.24, 2.45) is 0 Å². The molecule has 0 aliphatic carbocycles. The van der Waals surface area contributed by atoms with Crippen molar-refractivity contribution in [2.45, 2.75) is 26.3 Å². The zero-order valence-corrected chi connectivity index (χ0v) is 12.3. The third-order valence-electron chi connectivity index (χ3n) is 2.53. The summed E-state index contributed by atoms with van der Waals surface area (Å²) in [5.74, 6) is 1.50. The van der Waals surface area contributed by atoms with Crippen molar-refractivity contribution in [1.29, 1.82) is 0 Å². The highest BCUT2D eigenvalue weighted by Gasteiger charge is 2.09. The van der Waals surface area contributed by atoms with Gasteiger partial charge in [-0.3, -0.25) is 0 Å². The maximum absolute atomic E-state index is 5.30. The van der Waals surface area contributed by atoms with E-state index in [9.17, 15) is 0 Å². The summed E-state index contributed by atoms with van der Waals surface area (Å²) < 4.78 is 11.5. The molecule has 0 aliphatic heterocycles. The Morgan fingerprint density at radius 3 is 2.59 bits per heavy atom. The van der Waals surface area contributed by atoms with Gasteiger partial charge in [-0.05, 0) is 46.6 Å². The quantitative estimate of drug-likeness (QED) is 0.784. The molecule has 1 rings (SSSR count). The molecule has 3 nitrogen and oxygen atoms in total. The minimum Gasteiger partial charge on any atom is -0.493 e. The van der Waals surface area contributed by atoms with Gasteiger partial charge in [-0.25, -0.2) is 0 Å². The lowest BCUT2D eigenvalue weighted by atomic mass is 10.2. The minimum atomic E-state index is 0.741. The smallest absolute Gasteiger partial charge is 0.174 e. The van der Waals surface area contributed by atoms with Crippen molar-refractivity contribution in [3.8, 4) is 11.5 Å². The number of methoxy groups -OCH3 is 2. The zero-order valence-electron chi connectivity index (χ0n) is 10.7. The van der Waals surface area contributed by atoms with E-state index in [-0.39, 0.29) is 0 Å². The molecule has 1 N–H and O–H groups in total. The van der Waals surface area contributed by atoms with Crippen LogP contribution < -0.4 is 14.8 Å². The van der Waals surface area contributed by atoms with E-state index in [0.717, 1.165) is 29.1 Å². The lowest BCUT2D eigenvalue weighted by molar-refractivity contribution is 0.352. The van der Waals surface area contributed by atoms with Crippen LogP contribution in [0.15, 0.2) is 16.6 Å². The topological polar surface area (TPSA) is 30.5 Å². The first-order valence-electron chi connectivity index (χ1n) is 5.84. The van der Waals surface area contributed by atoms with Gasteiger partial charge in [0, 0.05) is 6.54 Å². The Balaban J connectivity index is 2.70. The molecule has 0 fully saturated rings. The van der Waals surface area contributed by atoms with Gasteiger partial charge >= 0.3 is 0 Å². The number of rotatable bonds is 7. The van der Waals surface area contributed by atoms with Gasteiger partial charge in [0.15, 0.2) is 11.5 Å². The summed E-state index contributed by atoms with van der Waals surface area (Å²) in [6, 6.07) is 4.06. The second kappa shape index (κ2) is 7.56. The highest BCUT2D eigenvalue weighted by Crippen LogP contribution is 2.36. The first-order chi connectivity index (χ1) is 8.22. The van der Waals surface area contributed by atoms with Gasteiger partial charge in [0.2, 0.25) is 0 Å². The van der Waals surface area contributed by atoms with E-state index in [1.54, 1.807) is 14.2 Å². The van der Waals surface area contributed by atoms with Crippen LogP contribution in [-0.2, 0) is 6.54 Å². The number of hydrogen-bond donors (Lipinski definition) is 1. The van der Waals surface area contributed by atoms with Gasteiger partial charge in [0.1, 0.15) is 0 Å². The highest BCUT2D eigenvalue weighted by molar-refractivity contribution is 9.10. The SMILES string of the molecule is CCCCNCc1cc(Br)c(OC)c(OC)c1. The first-order valence-corrected chi connectivity index (χ1v) is 6.63. The Morgan fingerprint density at radius 1 is 1.24 bits per heavy atom. The normalized spacial score (nSPS) is 10.4. The fraction of sp³-hybridized carbons (Fsp3) is 0.538. The molecule has 0 radical (unpaired) electrons. The van der Waals surface area contributed by atoms with E-state index in [0.29, 0.717) is 0 Å². The van der Waals surface area contributed by atoms with Gasteiger partial charge in [-0.2, -0.15) is 0 Å². The largest absolute Gasteiger partial charge is 0.493 e. The van der Waals surface area contributed by atoms with Crippen molar-refractivity contribution in [1.82, 2.24) is 5.32 Å². The molecule has 0 heterocycles. The Kier molecular flexibility index (Phi) is 6.37. The summed E-state index contributed by atoms with van der Waals surface area (Å²) in [6.45, 7) is 4.08. The molecule has 4 heteroatoms. The van der Waals surface area contributed by atoms with Crippen LogP contribution in [0.1, 0.15) is 25.3 Å². The molecule has 0 saturated heterocycles. The molecule has 0 amide bonds. The summed E-state index contributed by atoms with van der Waals surface area (Å²) in [7, 11) is 3.29. The van der Waals surface area contributed by atoms with Crippen LogP contribution in [0.5, 0.6) is 11.5 Å². The van der Waals surface area contributed by atoms with E-state index in [2.05, 4.69) is 34.2 Å². The average molecular weight is 302 g/mol.